The highest BCUT2D eigenvalue weighted by atomic mass is 79.9. The summed E-state index contributed by atoms with van der Waals surface area (Å²) in [7, 11) is 0. The summed E-state index contributed by atoms with van der Waals surface area (Å²) in [5.74, 6) is 0.586. The van der Waals surface area contributed by atoms with Crippen LogP contribution in [-0.2, 0) is 0 Å². The molecule has 2 aromatic rings. The second kappa shape index (κ2) is 5.47. The molecule has 1 aromatic heterocycles. The first-order valence-corrected chi connectivity index (χ1v) is 7.56. The van der Waals surface area contributed by atoms with E-state index in [0.717, 1.165) is 11.0 Å². The van der Waals surface area contributed by atoms with E-state index in [-0.39, 0.29) is 0 Å². The first-order valence-electron chi connectivity index (χ1n) is 6.77. The highest BCUT2D eigenvalue weighted by molar-refractivity contribution is 9.10. The zero-order chi connectivity index (χ0) is 13.2. The molecule has 0 bridgehead atoms. The lowest BCUT2D eigenvalue weighted by Crippen LogP contribution is -2.21. The first kappa shape index (κ1) is 12.9. The molecule has 1 aliphatic rings. The third-order valence-corrected chi connectivity index (χ3v) is 4.61. The molecule has 2 atom stereocenters. The van der Waals surface area contributed by atoms with Gasteiger partial charge in [0, 0.05) is 10.5 Å². The minimum Gasteiger partial charge on any atom is -0.330 e. The molecule has 0 spiro atoms. The lowest BCUT2D eigenvalue weighted by atomic mass is 10.0. The van der Waals surface area contributed by atoms with Crippen LogP contribution in [0.25, 0.3) is 11.3 Å². The molecule has 100 valence electrons. The van der Waals surface area contributed by atoms with Crippen molar-refractivity contribution in [3.63, 3.8) is 0 Å². The van der Waals surface area contributed by atoms with Gasteiger partial charge in [0.2, 0.25) is 0 Å². The largest absolute Gasteiger partial charge is 0.330 e. The lowest BCUT2D eigenvalue weighted by molar-refractivity contribution is 0.390. The third-order valence-electron chi connectivity index (χ3n) is 4.09. The summed E-state index contributed by atoms with van der Waals surface area (Å²) in [6, 6.07) is 8.91. The normalized spacial score (nSPS) is 22.8. The van der Waals surface area contributed by atoms with Crippen molar-refractivity contribution in [2.24, 2.45) is 11.7 Å². The van der Waals surface area contributed by atoms with Gasteiger partial charge in [-0.3, -0.25) is 0 Å². The number of halogens is 1. The summed E-state index contributed by atoms with van der Waals surface area (Å²) < 4.78 is 3.41. The van der Waals surface area contributed by atoms with Crippen LogP contribution in [-0.4, -0.2) is 16.1 Å². The number of benzene rings is 1. The standard InChI is InChI=1S/C15H18BrN3/c16-13-6-4-11(5-7-13)15-9-18-10-19(15)14-3-1-2-12(14)8-17/h4-7,9-10,12,14H,1-3,8,17H2. The Kier molecular flexibility index (Phi) is 3.71. The molecule has 0 saturated heterocycles. The Labute approximate surface area is 122 Å². The predicted octanol–water partition coefficient (Wildman–Crippen LogP) is 3.61. The fourth-order valence-electron chi connectivity index (χ4n) is 3.07. The summed E-state index contributed by atoms with van der Waals surface area (Å²) in [4.78, 5) is 4.34. The molecular weight excluding hydrogens is 302 g/mol. The van der Waals surface area contributed by atoms with E-state index < -0.39 is 0 Å². The second-order valence-corrected chi connectivity index (χ2v) is 6.10. The van der Waals surface area contributed by atoms with Gasteiger partial charge in [0.05, 0.1) is 18.2 Å². The first-order chi connectivity index (χ1) is 9.29. The van der Waals surface area contributed by atoms with Crippen LogP contribution in [0.5, 0.6) is 0 Å². The SMILES string of the molecule is NCC1CCCC1n1cncc1-c1ccc(Br)cc1. The van der Waals surface area contributed by atoms with Crippen molar-refractivity contribution in [2.75, 3.05) is 6.54 Å². The Morgan fingerprint density at radius 1 is 1.26 bits per heavy atom. The van der Waals surface area contributed by atoms with Gasteiger partial charge in [-0.2, -0.15) is 0 Å². The molecule has 1 aromatic carbocycles. The van der Waals surface area contributed by atoms with Gasteiger partial charge < -0.3 is 10.3 Å². The minimum atomic E-state index is 0.506. The van der Waals surface area contributed by atoms with Gasteiger partial charge in [0.25, 0.3) is 0 Å². The number of hydrogen-bond acceptors (Lipinski definition) is 2. The van der Waals surface area contributed by atoms with Crippen LogP contribution in [0.15, 0.2) is 41.3 Å². The van der Waals surface area contributed by atoms with E-state index in [1.165, 1.54) is 30.5 Å². The Hall–Kier alpha value is -1.13. The molecule has 1 fully saturated rings. The van der Waals surface area contributed by atoms with Crippen molar-refractivity contribution in [1.82, 2.24) is 9.55 Å². The van der Waals surface area contributed by atoms with E-state index in [0.29, 0.717) is 12.0 Å². The molecule has 2 N–H and O–H groups in total. The van der Waals surface area contributed by atoms with Crippen LogP contribution in [0.1, 0.15) is 25.3 Å². The minimum absolute atomic E-state index is 0.506. The number of imidazole rings is 1. The fraction of sp³-hybridized carbons (Fsp3) is 0.400. The van der Waals surface area contributed by atoms with E-state index in [1.807, 2.05) is 12.5 Å². The summed E-state index contributed by atoms with van der Waals surface area (Å²) >= 11 is 3.48. The van der Waals surface area contributed by atoms with Crippen LogP contribution in [0.4, 0.5) is 0 Å². The van der Waals surface area contributed by atoms with E-state index in [9.17, 15) is 0 Å². The van der Waals surface area contributed by atoms with E-state index in [4.69, 9.17) is 5.73 Å². The molecule has 1 saturated carbocycles. The van der Waals surface area contributed by atoms with E-state index >= 15 is 0 Å². The molecule has 0 aliphatic heterocycles. The van der Waals surface area contributed by atoms with Gasteiger partial charge in [-0.1, -0.05) is 34.5 Å². The number of aromatic nitrogens is 2. The van der Waals surface area contributed by atoms with Crippen LogP contribution >= 0.6 is 15.9 Å². The van der Waals surface area contributed by atoms with Crippen LogP contribution in [0.3, 0.4) is 0 Å². The monoisotopic (exact) mass is 319 g/mol. The van der Waals surface area contributed by atoms with E-state index in [2.05, 4.69) is 49.7 Å². The molecule has 3 nitrogen and oxygen atoms in total. The smallest absolute Gasteiger partial charge is 0.0953 e. The van der Waals surface area contributed by atoms with Crippen LogP contribution in [0, 0.1) is 5.92 Å². The maximum Gasteiger partial charge on any atom is 0.0953 e. The molecule has 2 unspecified atom stereocenters. The Morgan fingerprint density at radius 2 is 2.05 bits per heavy atom. The van der Waals surface area contributed by atoms with Crippen molar-refractivity contribution in [3.05, 3.63) is 41.3 Å². The van der Waals surface area contributed by atoms with Gasteiger partial charge in [0.15, 0.2) is 0 Å². The predicted molar refractivity (Wildman–Crippen MR) is 80.8 cm³/mol. The molecule has 4 heteroatoms. The number of hydrogen-bond donors (Lipinski definition) is 1. The topological polar surface area (TPSA) is 43.8 Å². The van der Waals surface area contributed by atoms with Gasteiger partial charge in [-0.25, -0.2) is 4.98 Å². The molecule has 19 heavy (non-hydrogen) atoms. The highest BCUT2D eigenvalue weighted by Gasteiger charge is 2.28. The van der Waals surface area contributed by atoms with Crippen molar-refractivity contribution in [2.45, 2.75) is 25.3 Å². The number of rotatable bonds is 3. The summed E-state index contributed by atoms with van der Waals surface area (Å²) in [6.45, 7) is 0.766. The molecule has 0 amide bonds. The maximum absolute atomic E-state index is 5.90. The average molecular weight is 320 g/mol. The zero-order valence-corrected chi connectivity index (χ0v) is 12.4. The van der Waals surface area contributed by atoms with Gasteiger partial charge >= 0.3 is 0 Å². The van der Waals surface area contributed by atoms with Crippen molar-refractivity contribution in [3.8, 4) is 11.3 Å². The van der Waals surface area contributed by atoms with Crippen molar-refractivity contribution < 1.29 is 0 Å². The lowest BCUT2D eigenvalue weighted by Gasteiger charge is -2.22. The summed E-state index contributed by atoms with van der Waals surface area (Å²) in [5.41, 5.74) is 8.30. The number of nitrogens with two attached hydrogens (primary N) is 1. The molecule has 0 radical (unpaired) electrons. The van der Waals surface area contributed by atoms with Gasteiger partial charge in [0.1, 0.15) is 0 Å². The van der Waals surface area contributed by atoms with Crippen LogP contribution in [0.2, 0.25) is 0 Å². The third kappa shape index (κ3) is 2.47. The Morgan fingerprint density at radius 3 is 2.79 bits per heavy atom. The number of nitrogens with zero attached hydrogens (tertiary/aromatic N) is 2. The highest BCUT2D eigenvalue weighted by Crippen LogP contribution is 2.37. The molecule has 1 heterocycles. The van der Waals surface area contributed by atoms with Gasteiger partial charge in [-0.05, 0) is 43.0 Å². The quantitative estimate of drug-likeness (QED) is 0.939. The average Bonchev–Trinajstić information content (AvgIpc) is 3.07. The van der Waals surface area contributed by atoms with Crippen LogP contribution < -0.4 is 5.73 Å². The van der Waals surface area contributed by atoms with Crippen molar-refractivity contribution >= 4 is 15.9 Å². The maximum atomic E-state index is 5.90. The molecule has 3 rings (SSSR count). The second-order valence-electron chi connectivity index (χ2n) is 5.19. The van der Waals surface area contributed by atoms with Gasteiger partial charge in [-0.15, -0.1) is 0 Å². The van der Waals surface area contributed by atoms with E-state index in [1.54, 1.807) is 0 Å². The zero-order valence-electron chi connectivity index (χ0n) is 10.8. The molecular formula is C15H18BrN3. The summed E-state index contributed by atoms with van der Waals surface area (Å²) in [5, 5.41) is 0. The Bertz CT molecular complexity index is 547. The Balaban J connectivity index is 1.96. The molecule has 1 aliphatic carbocycles. The summed E-state index contributed by atoms with van der Waals surface area (Å²) in [6.07, 6.45) is 7.62. The fourth-order valence-corrected chi connectivity index (χ4v) is 3.34. The van der Waals surface area contributed by atoms with Crippen molar-refractivity contribution in [1.29, 1.82) is 0 Å².